The Morgan fingerprint density at radius 1 is 1.65 bits per heavy atom. The highest BCUT2D eigenvalue weighted by molar-refractivity contribution is 5.61. The third kappa shape index (κ3) is 3.31. The fourth-order valence-electron chi connectivity index (χ4n) is 1.12. The minimum atomic E-state index is -0.593. The number of rotatable bonds is 6. The predicted molar refractivity (Wildman–Crippen MR) is 61.8 cm³/mol. The fraction of sp³-hybridized carbons (Fsp3) is 0.400. The number of anilines is 1. The van der Waals surface area contributed by atoms with E-state index >= 15 is 0 Å². The van der Waals surface area contributed by atoms with Gasteiger partial charge < -0.3 is 10.1 Å². The van der Waals surface area contributed by atoms with Crippen molar-refractivity contribution in [1.82, 2.24) is 9.97 Å². The van der Waals surface area contributed by atoms with Crippen LogP contribution in [0.25, 0.3) is 0 Å². The number of aromatic nitrogens is 2. The normalized spacial score (nSPS) is 9.41. The van der Waals surface area contributed by atoms with Gasteiger partial charge in [0.25, 0.3) is 0 Å². The van der Waals surface area contributed by atoms with Gasteiger partial charge in [-0.3, -0.25) is 10.1 Å². The van der Waals surface area contributed by atoms with E-state index in [2.05, 4.69) is 21.2 Å². The van der Waals surface area contributed by atoms with Gasteiger partial charge in [-0.1, -0.05) is 12.8 Å². The lowest BCUT2D eigenvalue weighted by Crippen LogP contribution is -2.08. The second-order valence-corrected chi connectivity index (χ2v) is 3.05. The molecule has 0 aromatic carbocycles. The summed E-state index contributed by atoms with van der Waals surface area (Å²) in [5, 5.41) is 13.8. The van der Waals surface area contributed by atoms with Gasteiger partial charge in [-0.2, -0.15) is 4.98 Å². The maximum atomic E-state index is 10.9. The van der Waals surface area contributed by atoms with Crippen LogP contribution in [0.1, 0.15) is 13.3 Å². The van der Waals surface area contributed by atoms with Gasteiger partial charge in [0.2, 0.25) is 5.82 Å². The second-order valence-electron chi connectivity index (χ2n) is 3.05. The molecule has 17 heavy (non-hydrogen) atoms. The van der Waals surface area contributed by atoms with E-state index in [1.807, 2.05) is 6.92 Å². The zero-order valence-electron chi connectivity index (χ0n) is 9.34. The standard InChI is InChI=1S/C10H12N4O3/c1-3-5-11-9-8(14(15)16)10(13-7-12-9)17-6-4-2/h2,7H,3,5-6H2,1H3,(H,11,12,13). The molecule has 1 aromatic heterocycles. The average Bonchev–Trinajstić information content (AvgIpc) is 2.33. The molecular weight excluding hydrogens is 224 g/mol. The van der Waals surface area contributed by atoms with Gasteiger partial charge in [-0.25, -0.2) is 4.98 Å². The molecule has 0 amide bonds. The Morgan fingerprint density at radius 3 is 3.00 bits per heavy atom. The smallest absolute Gasteiger partial charge is 0.372 e. The summed E-state index contributed by atoms with van der Waals surface area (Å²) < 4.78 is 5.00. The molecule has 0 spiro atoms. The molecule has 0 unspecified atom stereocenters. The molecule has 7 nitrogen and oxygen atoms in total. The number of nitrogens with zero attached hydrogens (tertiary/aromatic N) is 3. The van der Waals surface area contributed by atoms with Gasteiger partial charge in [0.1, 0.15) is 6.33 Å². The number of hydrogen-bond acceptors (Lipinski definition) is 6. The van der Waals surface area contributed by atoms with Gasteiger partial charge >= 0.3 is 11.6 Å². The molecular formula is C10H12N4O3. The molecule has 0 aliphatic carbocycles. The Bertz CT molecular complexity index is 442. The number of hydrogen-bond donors (Lipinski definition) is 1. The van der Waals surface area contributed by atoms with Crippen LogP contribution in [-0.2, 0) is 0 Å². The van der Waals surface area contributed by atoms with Gasteiger partial charge in [0.05, 0.1) is 4.92 Å². The van der Waals surface area contributed by atoms with Crippen molar-refractivity contribution in [3.05, 3.63) is 16.4 Å². The van der Waals surface area contributed by atoms with E-state index in [0.717, 1.165) is 6.42 Å². The van der Waals surface area contributed by atoms with Gasteiger partial charge in [0, 0.05) is 6.54 Å². The first kappa shape index (κ1) is 12.7. The van der Waals surface area contributed by atoms with Gasteiger partial charge in [0.15, 0.2) is 6.61 Å². The van der Waals surface area contributed by atoms with Crippen molar-refractivity contribution in [3.63, 3.8) is 0 Å². The lowest BCUT2D eigenvalue weighted by Gasteiger charge is -2.07. The van der Waals surface area contributed by atoms with Crippen LogP contribution in [0, 0.1) is 22.5 Å². The summed E-state index contributed by atoms with van der Waals surface area (Å²) in [5.74, 6) is 2.23. The van der Waals surface area contributed by atoms with Crippen molar-refractivity contribution >= 4 is 11.5 Å². The SMILES string of the molecule is C#CCOc1ncnc(NCCC)c1[N+](=O)[O-]. The number of ether oxygens (including phenoxy) is 1. The van der Waals surface area contributed by atoms with Crippen molar-refractivity contribution in [2.45, 2.75) is 13.3 Å². The van der Waals surface area contributed by atoms with Crippen molar-refractivity contribution in [2.75, 3.05) is 18.5 Å². The van der Waals surface area contributed by atoms with Crippen molar-refractivity contribution in [1.29, 1.82) is 0 Å². The molecule has 1 N–H and O–H groups in total. The molecule has 1 rings (SSSR count). The van der Waals surface area contributed by atoms with E-state index in [9.17, 15) is 10.1 Å². The van der Waals surface area contributed by atoms with E-state index in [1.165, 1.54) is 6.33 Å². The molecule has 7 heteroatoms. The van der Waals surface area contributed by atoms with Crippen LogP contribution in [0.4, 0.5) is 11.5 Å². The van der Waals surface area contributed by atoms with E-state index < -0.39 is 4.92 Å². The third-order valence-corrected chi connectivity index (χ3v) is 1.81. The maximum absolute atomic E-state index is 10.9. The topological polar surface area (TPSA) is 90.2 Å². The first-order valence-corrected chi connectivity index (χ1v) is 5.00. The summed E-state index contributed by atoms with van der Waals surface area (Å²) in [4.78, 5) is 17.8. The van der Waals surface area contributed by atoms with Crippen LogP contribution in [0.3, 0.4) is 0 Å². The van der Waals surface area contributed by atoms with Crippen molar-refractivity contribution in [2.24, 2.45) is 0 Å². The second kappa shape index (κ2) is 6.27. The Kier molecular flexibility index (Phi) is 4.69. The molecule has 0 fully saturated rings. The zero-order chi connectivity index (χ0) is 12.7. The average molecular weight is 236 g/mol. The van der Waals surface area contributed by atoms with Crippen LogP contribution in [0.15, 0.2) is 6.33 Å². The number of nitro groups is 1. The molecule has 0 bridgehead atoms. The Hall–Kier alpha value is -2.36. The Morgan fingerprint density at radius 2 is 2.41 bits per heavy atom. The zero-order valence-corrected chi connectivity index (χ0v) is 9.34. The summed E-state index contributed by atoms with van der Waals surface area (Å²) in [6.07, 6.45) is 7.03. The van der Waals surface area contributed by atoms with Crippen molar-refractivity contribution in [3.8, 4) is 18.2 Å². The molecule has 90 valence electrons. The fourth-order valence-corrected chi connectivity index (χ4v) is 1.12. The van der Waals surface area contributed by atoms with Gasteiger partial charge in [-0.05, 0) is 6.42 Å². The van der Waals surface area contributed by atoms with Crippen LogP contribution < -0.4 is 10.1 Å². The van der Waals surface area contributed by atoms with Crippen molar-refractivity contribution < 1.29 is 9.66 Å². The summed E-state index contributed by atoms with van der Waals surface area (Å²) >= 11 is 0. The highest BCUT2D eigenvalue weighted by Crippen LogP contribution is 2.30. The van der Waals surface area contributed by atoms with E-state index in [4.69, 9.17) is 11.2 Å². The maximum Gasteiger partial charge on any atom is 0.372 e. The highest BCUT2D eigenvalue weighted by Gasteiger charge is 2.23. The lowest BCUT2D eigenvalue weighted by atomic mass is 10.4. The highest BCUT2D eigenvalue weighted by atomic mass is 16.6. The monoisotopic (exact) mass is 236 g/mol. The summed E-state index contributed by atoms with van der Waals surface area (Å²) in [7, 11) is 0. The van der Waals surface area contributed by atoms with Crippen LogP contribution in [0.2, 0.25) is 0 Å². The van der Waals surface area contributed by atoms with Crippen LogP contribution in [-0.4, -0.2) is 28.0 Å². The summed E-state index contributed by atoms with van der Waals surface area (Å²) in [6, 6.07) is 0. The predicted octanol–water partition coefficient (Wildman–Crippen LogP) is 1.22. The van der Waals surface area contributed by atoms with E-state index in [-0.39, 0.29) is 24.0 Å². The molecule has 0 radical (unpaired) electrons. The summed E-state index contributed by atoms with van der Waals surface area (Å²) in [5.41, 5.74) is -0.295. The molecule has 0 saturated heterocycles. The lowest BCUT2D eigenvalue weighted by molar-refractivity contribution is -0.385. The third-order valence-electron chi connectivity index (χ3n) is 1.81. The van der Waals surface area contributed by atoms with Crippen LogP contribution >= 0.6 is 0 Å². The Labute approximate surface area is 98.4 Å². The minimum absolute atomic E-state index is 0.0783. The first-order chi connectivity index (χ1) is 8.20. The molecule has 1 heterocycles. The molecule has 1 aromatic rings. The van der Waals surface area contributed by atoms with Crippen LogP contribution in [0.5, 0.6) is 5.88 Å². The molecule has 0 aliphatic heterocycles. The quantitative estimate of drug-likeness (QED) is 0.453. The van der Waals surface area contributed by atoms with E-state index in [1.54, 1.807) is 0 Å². The minimum Gasteiger partial charge on any atom is -0.459 e. The number of nitrogens with one attached hydrogen (secondary N) is 1. The van der Waals surface area contributed by atoms with E-state index in [0.29, 0.717) is 6.54 Å². The molecule has 0 atom stereocenters. The first-order valence-electron chi connectivity index (χ1n) is 5.00. The Balaban J connectivity index is 3.04. The molecule has 0 saturated carbocycles. The largest absolute Gasteiger partial charge is 0.459 e. The summed E-state index contributed by atoms with van der Waals surface area (Å²) in [6.45, 7) is 2.44. The van der Waals surface area contributed by atoms with Gasteiger partial charge in [-0.15, -0.1) is 6.42 Å². The molecule has 0 aliphatic rings. The number of terminal acetylenes is 1.